The molecule has 0 saturated carbocycles. The second kappa shape index (κ2) is 5.06. The number of hydrogen-bond acceptors (Lipinski definition) is 1. The van der Waals surface area contributed by atoms with E-state index in [0.29, 0.717) is 16.5 Å². The Morgan fingerprint density at radius 3 is 2.67 bits per heavy atom. The molecule has 0 amide bonds. The fourth-order valence-corrected chi connectivity index (χ4v) is 2.51. The molecule has 2 rings (SSSR count). The van der Waals surface area contributed by atoms with E-state index < -0.39 is 0 Å². The summed E-state index contributed by atoms with van der Waals surface area (Å²) in [7, 11) is 0. The van der Waals surface area contributed by atoms with Gasteiger partial charge in [0.15, 0.2) is 0 Å². The van der Waals surface area contributed by atoms with Crippen molar-refractivity contribution in [3.63, 3.8) is 0 Å². The topological polar surface area (TPSA) is 28.7 Å². The average molecular weight is 279 g/mol. The number of halogens is 2. The molecule has 2 nitrogen and oxygen atoms in total. The van der Waals surface area contributed by atoms with E-state index in [2.05, 4.69) is 6.07 Å². The number of rotatable bonds is 2. The van der Waals surface area contributed by atoms with Crippen LogP contribution in [0.15, 0.2) is 24.3 Å². The highest BCUT2D eigenvalue weighted by Crippen LogP contribution is 2.31. The van der Waals surface area contributed by atoms with Crippen LogP contribution in [-0.4, -0.2) is 4.57 Å². The Hall–Kier alpha value is -1.43. The van der Waals surface area contributed by atoms with E-state index in [1.165, 1.54) is 0 Å². The zero-order chi connectivity index (χ0) is 13.3. The van der Waals surface area contributed by atoms with Gasteiger partial charge in [0.25, 0.3) is 0 Å². The molecular weight excluding hydrogens is 267 g/mol. The maximum atomic E-state index is 8.81. The number of benzene rings is 1. The first kappa shape index (κ1) is 13.0. The van der Waals surface area contributed by atoms with Gasteiger partial charge in [0.1, 0.15) is 0 Å². The zero-order valence-electron chi connectivity index (χ0n) is 10.2. The van der Waals surface area contributed by atoms with Crippen LogP contribution in [0.4, 0.5) is 0 Å². The van der Waals surface area contributed by atoms with Gasteiger partial charge in [-0.25, -0.2) is 0 Å². The Balaban J connectivity index is 2.65. The summed E-state index contributed by atoms with van der Waals surface area (Å²) in [6.07, 6.45) is 0.401. The number of aryl methyl sites for hydroxylation is 1. The van der Waals surface area contributed by atoms with E-state index in [1.54, 1.807) is 6.07 Å². The van der Waals surface area contributed by atoms with Crippen molar-refractivity contribution in [1.29, 1.82) is 5.26 Å². The van der Waals surface area contributed by atoms with Crippen LogP contribution in [0.5, 0.6) is 0 Å². The third-order valence-corrected chi connectivity index (χ3v) is 3.79. The monoisotopic (exact) mass is 278 g/mol. The van der Waals surface area contributed by atoms with E-state index in [0.717, 1.165) is 22.6 Å². The second-order valence-electron chi connectivity index (χ2n) is 4.14. The van der Waals surface area contributed by atoms with Gasteiger partial charge in [0.2, 0.25) is 0 Å². The van der Waals surface area contributed by atoms with Gasteiger partial charge >= 0.3 is 0 Å². The van der Waals surface area contributed by atoms with Crippen molar-refractivity contribution in [3.05, 3.63) is 51.3 Å². The van der Waals surface area contributed by atoms with E-state index in [-0.39, 0.29) is 0 Å². The van der Waals surface area contributed by atoms with Crippen LogP contribution in [-0.2, 0) is 6.42 Å². The van der Waals surface area contributed by atoms with Crippen LogP contribution in [0.2, 0.25) is 10.0 Å². The Morgan fingerprint density at radius 1 is 1.28 bits per heavy atom. The first-order valence-corrected chi connectivity index (χ1v) is 6.31. The Labute approximate surface area is 116 Å². The van der Waals surface area contributed by atoms with E-state index in [1.807, 2.05) is 36.6 Å². The van der Waals surface area contributed by atoms with Crippen molar-refractivity contribution in [2.24, 2.45) is 0 Å². The Morgan fingerprint density at radius 2 is 2.00 bits per heavy atom. The SMILES string of the molecule is Cc1cc(CC#N)c(C)n1-c1cccc(Cl)c1Cl. The summed E-state index contributed by atoms with van der Waals surface area (Å²) >= 11 is 12.3. The van der Waals surface area contributed by atoms with Gasteiger partial charge in [0.05, 0.1) is 28.2 Å². The average Bonchev–Trinajstić information content (AvgIpc) is 2.60. The van der Waals surface area contributed by atoms with Gasteiger partial charge in [-0.15, -0.1) is 0 Å². The minimum absolute atomic E-state index is 0.401. The first-order chi connectivity index (χ1) is 8.56. The predicted octanol–water partition coefficient (Wildman–Crippen LogP) is 4.47. The molecule has 0 radical (unpaired) electrons. The van der Waals surface area contributed by atoms with Crippen molar-refractivity contribution in [1.82, 2.24) is 4.57 Å². The lowest BCUT2D eigenvalue weighted by Gasteiger charge is -2.12. The molecule has 0 N–H and O–H groups in total. The van der Waals surface area contributed by atoms with Crippen molar-refractivity contribution in [3.8, 4) is 11.8 Å². The minimum atomic E-state index is 0.401. The highest BCUT2D eigenvalue weighted by Gasteiger charge is 2.13. The molecule has 0 fully saturated rings. The number of aromatic nitrogens is 1. The van der Waals surface area contributed by atoms with Gasteiger partial charge in [-0.1, -0.05) is 29.3 Å². The normalized spacial score (nSPS) is 10.4. The summed E-state index contributed by atoms with van der Waals surface area (Å²) in [5.74, 6) is 0. The van der Waals surface area contributed by atoms with Gasteiger partial charge in [-0.3, -0.25) is 0 Å². The molecule has 0 aliphatic carbocycles. The molecule has 0 aliphatic heterocycles. The minimum Gasteiger partial charge on any atom is -0.317 e. The number of nitrogens with zero attached hydrogens (tertiary/aromatic N) is 2. The smallest absolute Gasteiger partial charge is 0.0832 e. The van der Waals surface area contributed by atoms with Gasteiger partial charge < -0.3 is 4.57 Å². The summed E-state index contributed by atoms with van der Waals surface area (Å²) in [5, 5.41) is 9.87. The summed E-state index contributed by atoms with van der Waals surface area (Å²) in [6, 6.07) is 9.73. The summed E-state index contributed by atoms with van der Waals surface area (Å²) in [5.41, 5.74) is 3.94. The summed E-state index contributed by atoms with van der Waals surface area (Å²) in [6.45, 7) is 3.97. The molecule has 4 heteroatoms. The van der Waals surface area contributed by atoms with Crippen LogP contribution < -0.4 is 0 Å². The van der Waals surface area contributed by atoms with E-state index in [4.69, 9.17) is 28.5 Å². The molecule has 0 aliphatic rings. The Kier molecular flexibility index (Phi) is 3.65. The standard InChI is InChI=1S/C14H12Cl2N2/c1-9-8-11(6-7-17)10(2)18(9)13-5-3-4-12(15)14(13)16/h3-5,8H,6H2,1-2H3. The van der Waals surface area contributed by atoms with Crippen LogP contribution in [0.3, 0.4) is 0 Å². The van der Waals surface area contributed by atoms with Gasteiger partial charge in [-0.05, 0) is 37.6 Å². The highest BCUT2D eigenvalue weighted by atomic mass is 35.5. The lowest BCUT2D eigenvalue weighted by molar-refractivity contribution is 0.956. The summed E-state index contributed by atoms with van der Waals surface area (Å²) in [4.78, 5) is 0. The van der Waals surface area contributed by atoms with Gasteiger partial charge in [-0.2, -0.15) is 5.26 Å². The molecule has 2 aromatic rings. The fourth-order valence-electron chi connectivity index (χ4n) is 2.13. The molecule has 0 spiro atoms. The zero-order valence-corrected chi connectivity index (χ0v) is 11.7. The van der Waals surface area contributed by atoms with Crippen molar-refractivity contribution in [2.75, 3.05) is 0 Å². The maximum absolute atomic E-state index is 8.81. The van der Waals surface area contributed by atoms with Crippen molar-refractivity contribution < 1.29 is 0 Å². The van der Waals surface area contributed by atoms with E-state index >= 15 is 0 Å². The summed E-state index contributed by atoms with van der Waals surface area (Å²) < 4.78 is 2.03. The first-order valence-electron chi connectivity index (χ1n) is 5.55. The van der Waals surface area contributed by atoms with E-state index in [9.17, 15) is 0 Å². The highest BCUT2D eigenvalue weighted by molar-refractivity contribution is 6.43. The molecular formula is C14H12Cl2N2. The quantitative estimate of drug-likeness (QED) is 0.797. The molecule has 1 aromatic heterocycles. The third kappa shape index (κ3) is 2.12. The van der Waals surface area contributed by atoms with Crippen LogP contribution >= 0.6 is 23.2 Å². The maximum Gasteiger partial charge on any atom is 0.0832 e. The molecule has 1 heterocycles. The third-order valence-electron chi connectivity index (χ3n) is 2.98. The second-order valence-corrected chi connectivity index (χ2v) is 4.92. The van der Waals surface area contributed by atoms with Crippen LogP contribution in [0.1, 0.15) is 17.0 Å². The van der Waals surface area contributed by atoms with Gasteiger partial charge in [0, 0.05) is 11.4 Å². The van der Waals surface area contributed by atoms with Crippen LogP contribution in [0.25, 0.3) is 5.69 Å². The van der Waals surface area contributed by atoms with Crippen molar-refractivity contribution in [2.45, 2.75) is 20.3 Å². The molecule has 18 heavy (non-hydrogen) atoms. The lowest BCUT2D eigenvalue weighted by atomic mass is 10.2. The predicted molar refractivity (Wildman–Crippen MR) is 74.6 cm³/mol. The van der Waals surface area contributed by atoms with Crippen molar-refractivity contribution >= 4 is 23.2 Å². The molecule has 92 valence electrons. The lowest BCUT2D eigenvalue weighted by Crippen LogP contribution is -2.00. The number of hydrogen-bond donors (Lipinski definition) is 0. The molecule has 0 bridgehead atoms. The Bertz CT molecular complexity index is 636. The largest absolute Gasteiger partial charge is 0.317 e. The number of nitriles is 1. The van der Waals surface area contributed by atoms with Crippen LogP contribution in [0, 0.1) is 25.2 Å². The molecule has 1 aromatic carbocycles. The molecule has 0 unspecified atom stereocenters. The molecule has 0 atom stereocenters. The molecule has 0 saturated heterocycles. The fraction of sp³-hybridized carbons (Fsp3) is 0.214.